The zero-order valence-corrected chi connectivity index (χ0v) is 16.2. The standard InChI is InChI=1S/C21H24F2N4O/c1-4-24-25-21(15-11-16(22)13-17(23)12-15)14(2)27(3)26-19-9-10-28-20-8-6-5-7-18(19)20/h4-8,11-13,19,25-26H,9-10H2,1-3H3/b21-14-,24-4-/t19-/m0/s1. The molecule has 1 aliphatic heterocycles. The minimum absolute atomic E-state index is 0.0603. The van der Waals surface area contributed by atoms with E-state index in [-0.39, 0.29) is 6.04 Å². The highest BCUT2D eigenvalue weighted by molar-refractivity contribution is 5.67. The van der Waals surface area contributed by atoms with Crippen molar-refractivity contribution in [3.05, 3.63) is 70.9 Å². The number of halogens is 2. The Kier molecular flexibility index (Phi) is 6.26. The topological polar surface area (TPSA) is 48.9 Å². The molecule has 0 unspecified atom stereocenters. The highest BCUT2D eigenvalue weighted by Crippen LogP contribution is 2.32. The van der Waals surface area contributed by atoms with Crippen molar-refractivity contribution in [2.75, 3.05) is 13.7 Å². The predicted molar refractivity (Wildman–Crippen MR) is 106 cm³/mol. The summed E-state index contributed by atoms with van der Waals surface area (Å²) in [5.41, 5.74) is 9.03. The number of para-hydroxylation sites is 1. The first kappa shape index (κ1) is 19.8. The molecule has 0 aliphatic carbocycles. The van der Waals surface area contributed by atoms with E-state index >= 15 is 0 Å². The van der Waals surface area contributed by atoms with Crippen LogP contribution in [0.15, 0.2) is 53.3 Å². The van der Waals surface area contributed by atoms with E-state index in [4.69, 9.17) is 4.74 Å². The van der Waals surface area contributed by atoms with Gasteiger partial charge in [-0.25, -0.2) is 14.2 Å². The second kappa shape index (κ2) is 8.84. The Bertz CT molecular complexity index is 877. The van der Waals surface area contributed by atoms with Crippen LogP contribution in [0.4, 0.5) is 8.78 Å². The first-order valence-electron chi connectivity index (χ1n) is 9.12. The molecule has 0 bridgehead atoms. The largest absolute Gasteiger partial charge is 0.493 e. The smallest absolute Gasteiger partial charge is 0.126 e. The quantitative estimate of drug-likeness (QED) is 0.577. The summed E-state index contributed by atoms with van der Waals surface area (Å²) in [5.74, 6) is -0.421. The SMILES string of the molecule is C/C=N\N/C(=C(/C)N(C)N[C@H]1CCOc2ccccc21)c1cc(F)cc(F)c1. The van der Waals surface area contributed by atoms with Crippen LogP contribution in [0, 0.1) is 11.6 Å². The van der Waals surface area contributed by atoms with Crippen molar-refractivity contribution in [2.24, 2.45) is 5.10 Å². The van der Waals surface area contributed by atoms with Gasteiger partial charge in [-0.3, -0.25) is 5.43 Å². The van der Waals surface area contributed by atoms with E-state index in [9.17, 15) is 8.78 Å². The van der Waals surface area contributed by atoms with E-state index in [1.807, 2.05) is 43.2 Å². The number of fused-ring (bicyclic) bond motifs is 1. The van der Waals surface area contributed by atoms with Crippen molar-refractivity contribution in [3.8, 4) is 5.75 Å². The maximum absolute atomic E-state index is 13.7. The lowest BCUT2D eigenvalue weighted by Gasteiger charge is -2.32. The van der Waals surface area contributed by atoms with Crippen molar-refractivity contribution in [1.82, 2.24) is 15.9 Å². The fourth-order valence-electron chi connectivity index (χ4n) is 3.16. The molecule has 5 nitrogen and oxygen atoms in total. The lowest BCUT2D eigenvalue weighted by molar-refractivity contribution is 0.189. The van der Waals surface area contributed by atoms with Crippen LogP contribution in [-0.4, -0.2) is 24.9 Å². The summed E-state index contributed by atoms with van der Waals surface area (Å²) in [6.07, 6.45) is 2.38. The molecule has 0 fully saturated rings. The number of ether oxygens (including phenoxy) is 1. The summed E-state index contributed by atoms with van der Waals surface area (Å²) >= 11 is 0. The van der Waals surface area contributed by atoms with Crippen LogP contribution in [0.1, 0.15) is 37.4 Å². The van der Waals surface area contributed by atoms with Gasteiger partial charge in [-0.2, -0.15) is 5.10 Å². The molecule has 148 valence electrons. The van der Waals surface area contributed by atoms with E-state index in [1.54, 1.807) is 13.1 Å². The summed E-state index contributed by atoms with van der Waals surface area (Å²) in [6, 6.07) is 11.4. The summed E-state index contributed by atoms with van der Waals surface area (Å²) in [4.78, 5) is 0. The van der Waals surface area contributed by atoms with Gasteiger partial charge in [0.05, 0.1) is 24.0 Å². The van der Waals surface area contributed by atoms with Crippen molar-refractivity contribution >= 4 is 11.9 Å². The Morgan fingerprint density at radius 1 is 1.21 bits per heavy atom. The van der Waals surface area contributed by atoms with E-state index in [0.29, 0.717) is 17.9 Å². The van der Waals surface area contributed by atoms with Gasteiger partial charge in [-0.1, -0.05) is 18.2 Å². The van der Waals surface area contributed by atoms with Crippen molar-refractivity contribution < 1.29 is 13.5 Å². The highest BCUT2D eigenvalue weighted by atomic mass is 19.1. The number of nitrogens with one attached hydrogen (secondary N) is 2. The van der Waals surface area contributed by atoms with Crippen LogP contribution in [0.2, 0.25) is 0 Å². The number of allylic oxidation sites excluding steroid dienone is 1. The molecule has 2 aromatic rings. The predicted octanol–water partition coefficient (Wildman–Crippen LogP) is 4.21. The molecule has 2 aromatic carbocycles. The number of benzene rings is 2. The van der Waals surface area contributed by atoms with Crippen molar-refractivity contribution in [2.45, 2.75) is 26.3 Å². The Hall–Kier alpha value is -2.93. The number of hydrazine groups is 1. The number of hydrogen-bond acceptors (Lipinski definition) is 5. The lowest BCUT2D eigenvalue weighted by Crippen LogP contribution is -2.39. The average molecular weight is 386 g/mol. The minimum Gasteiger partial charge on any atom is -0.493 e. The van der Waals surface area contributed by atoms with E-state index in [0.717, 1.165) is 29.5 Å². The summed E-state index contributed by atoms with van der Waals surface area (Å²) in [6.45, 7) is 4.23. The van der Waals surface area contributed by atoms with Gasteiger partial charge >= 0.3 is 0 Å². The molecule has 0 saturated heterocycles. The molecular weight excluding hydrogens is 362 g/mol. The molecule has 2 N–H and O–H groups in total. The maximum Gasteiger partial charge on any atom is 0.126 e. The van der Waals surface area contributed by atoms with Gasteiger partial charge < -0.3 is 9.75 Å². The fourth-order valence-corrected chi connectivity index (χ4v) is 3.16. The highest BCUT2D eigenvalue weighted by Gasteiger charge is 2.23. The molecule has 0 amide bonds. The normalized spacial score (nSPS) is 17.0. The monoisotopic (exact) mass is 386 g/mol. The molecule has 1 atom stereocenters. The summed E-state index contributed by atoms with van der Waals surface area (Å²) < 4.78 is 33.2. The van der Waals surface area contributed by atoms with Crippen LogP contribution >= 0.6 is 0 Å². The van der Waals surface area contributed by atoms with Gasteiger partial charge in [0, 0.05) is 36.9 Å². The fraction of sp³-hybridized carbons (Fsp3) is 0.286. The molecule has 1 heterocycles. The van der Waals surface area contributed by atoms with Crippen LogP contribution in [0.25, 0.3) is 5.70 Å². The number of rotatable bonds is 6. The first-order valence-corrected chi connectivity index (χ1v) is 9.12. The molecule has 28 heavy (non-hydrogen) atoms. The van der Waals surface area contributed by atoms with Gasteiger partial charge in [0.25, 0.3) is 0 Å². The number of nitrogens with zero attached hydrogens (tertiary/aromatic N) is 2. The number of hydrazone groups is 1. The van der Waals surface area contributed by atoms with Crippen molar-refractivity contribution in [3.63, 3.8) is 0 Å². The third-order valence-corrected chi connectivity index (χ3v) is 4.63. The van der Waals surface area contributed by atoms with Crippen LogP contribution in [0.5, 0.6) is 5.75 Å². The van der Waals surface area contributed by atoms with Crippen LogP contribution in [0.3, 0.4) is 0 Å². The van der Waals surface area contributed by atoms with E-state index in [1.165, 1.54) is 12.1 Å². The maximum atomic E-state index is 13.7. The minimum atomic E-state index is -0.642. The number of hydrogen-bond donors (Lipinski definition) is 2. The first-order chi connectivity index (χ1) is 13.5. The Morgan fingerprint density at radius 3 is 2.64 bits per heavy atom. The molecular formula is C21H24F2N4O. The molecule has 0 saturated carbocycles. The second-order valence-electron chi connectivity index (χ2n) is 6.53. The Balaban J connectivity index is 1.90. The van der Waals surface area contributed by atoms with E-state index in [2.05, 4.69) is 16.0 Å². The van der Waals surface area contributed by atoms with Crippen molar-refractivity contribution in [1.29, 1.82) is 0 Å². The molecule has 7 heteroatoms. The average Bonchev–Trinajstić information content (AvgIpc) is 2.67. The lowest BCUT2D eigenvalue weighted by atomic mass is 10.0. The van der Waals surface area contributed by atoms with Gasteiger partial charge in [0.15, 0.2) is 0 Å². The second-order valence-corrected chi connectivity index (χ2v) is 6.53. The van der Waals surface area contributed by atoms with Gasteiger partial charge in [-0.15, -0.1) is 0 Å². The Labute approximate surface area is 163 Å². The zero-order chi connectivity index (χ0) is 20.1. The van der Waals surface area contributed by atoms with E-state index < -0.39 is 11.6 Å². The van der Waals surface area contributed by atoms with Gasteiger partial charge in [0.2, 0.25) is 0 Å². The molecule has 3 rings (SSSR count). The molecule has 0 aromatic heterocycles. The van der Waals surface area contributed by atoms with Gasteiger partial charge in [0.1, 0.15) is 17.4 Å². The van der Waals surface area contributed by atoms with Gasteiger partial charge in [-0.05, 0) is 32.0 Å². The van der Waals surface area contributed by atoms with Crippen LogP contribution < -0.4 is 15.6 Å². The molecule has 1 aliphatic rings. The third-order valence-electron chi connectivity index (χ3n) is 4.63. The summed E-state index contributed by atoms with van der Waals surface area (Å²) in [5, 5.41) is 5.88. The third kappa shape index (κ3) is 4.48. The Morgan fingerprint density at radius 2 is 1.93 bits per heavy atom. The van der Waals surface area contributed by atoms with Crippen LogP contribution in [-0.2, 0) is 0 Å². The zero-order valence-electron chi connectivity index (χ0n) is 16.2. The summed E-state index contributed by atoms with van der Waals surface area (Å²) in [7, 11) is 1.86. The molecule has 0 radical (unpaired) electrons. The molecule has 0 spiro atoms.